The zero-order valence-electron chi connectivity index (χ0n) is 15.4. The normalized spacial score (nSPS) is 15.8. The molecular formula is C22H15N3O2S2. The molecule has 2 aromatic carbocycles. The monoisotopic (exact) mass is 417 g/mol. The number of fused-ring (bicyclic) bond motifs is 1. The van der Waals surface area contributed by atoms with Crippen LogP contribution in [0, 0.1) is 0 Å². The molecule has 2 aromatic heterocycles. The number of carbonyl (C=O) groups is 1. The second-order valence-corrected chi connectivity index (χ2v) is 8.28. The SMILES string of the molecule is CN1C(=O)/C(=C/c2cn(-c3ccccc3)nc2-c2cc3ccccc3o2)SC1=S. The number of benzene rings is 2. The standard InChI is InChI=1S/C22H15N3O2S2/c1-24-21(26)19(29-22(24)28)12-15-13-25(16-8-3-2-4-9-16)23-20(15)18-11-14-7-5-6-10-17(14)27-18/h2-13H,1H3/b19-12-. The molecule has 0 bridgehead atoms. The van der Waals surface area contributed by atoms with Crippen molar-refractivity contribution >= 4 is 51.3 Å². The lowest BCUT2D eigenvalue weighted by Gasteiger charge is -2.03. The average molecular weight is 418 g/mol. The van der Waals surface area contributed by atoms with E-state index in [-0.39, 0.29) is 5.91 Å². The van der Waals surface area contributed by atoms with Gasteiger partial charge in [-0.25, -0.2) is 4.68 Å². The van der Waals surface area contributed by atoms with E-state index in [9.17, 15) is 4.79 Å². The number of hydrogen-bond donors (Lipinski definition) is 0. The number of furan rings is 1. The first-order valence-electron chi connectivity index (χ1n) is 8.96. The molecule has 1 amide bonds. The number of para-hydroxylation sites is 2. The van der Waals surface area contributed by atoms with Crippen LogP contribution in [0.15, 0.2) is 76.2 Å². The molecule has 1 fully saturated rings. The lowest BCUT2D eigenvalue weighted by molar-refractivity contribution is -0.121. The Bertz CT molecular complexity index is 1250. The van der Waals surface area contributed by atoms with Crippen molar-refractivity contribution in [3.8, 4) is 17.1 Å². The number of thiocarbonyl (C=S) groups is 1. The van der Waals surface area contributed by atoms with Crippen LogP contribution in [0.3, 0.4) is 0 Å². The molecule has 5 nitrogen and oxygen atoms in total. The minimum atomic E-state index is -0.108. The Balaban J connectivity index is 1.67. The maximum atomic E-state index is 12.5. The molecular weight excluding hydrogens is 402 g/mol. The van der Waals surface area contributed by atoms with E-state index in [1.54, 1.807) is 11.7 Å². The second kappa shape index (κ2) is 7.02. The van der Waals surface area contributed by atoms with Gasteiger partial charge in [-0.05, 0) is 30.3 Å². The summed E-state index contributed by atoms with van der Waals surface area (Å²) in [6.45, 7) is 0. The van der Waals surface area contributed by atoms with E-state index in [0.29, 0.717) is 20.7 Å². The van der Waals surface area contributed by atoms with Crippen LogP contribution in [0.1, 0.15) is 5.56 Å². The van der Waals surface area contributed by atoms with Crippen molar-refractivity contribution in [2.24, 2.45) is 0 Å². The molecule has 1 aliphatic heterocycles. The minimum Gasteiger partial charge on any atom is -0.454 e. The topological polar surface area (TPSA) is 51.3 Å². The summed E-state index contributed by atoms with van der Waals surface area (Å²) >= 11 is 6.54. The number of rotatable bonds is 3. The van der Waals surface area contributed by atoms with Crippen LogP contribution in [0.25, 0.3) is 34.2 Å². The largest absolute Gasteiger partial charge is 0.454 e. The second-order valence-electron chi connectivity index (χ2n) is 6.60. The fraction of sp³-hybridized carbons (Fsp3) is 0.0455. The van der Waals surface area contributed by atoms with E-state index < -0.39 is 0 Å². The number of hydrogen-bond acceptors (Lipinski definition) is 5. The van der Waals surface area contributed by atoms with Crippen molar-refractivity contribution in [3.05, 3.63) is 77.3 Å². The van der Waals surface area contributed by atoms with Crippen LogP contribution >= 0.6 is 24.0 Å². The molecule has 1 aliphatic rings. The van der Waals surface area contributed by atoms with E-state index in [4.69, 9.17) is 21.7 Å². The Kier molecular flexibility index (Phi) is 4.34. The summed E-state index contributed by atoms with van der Waals surface area (Å²) in [5, 5.41) is 5.76. The van der Waals surface area contributed by atoms with Crippen molar-refractivity contribution in [1.82, 2.24) is 14.7 Å². The first kappa shape index (κ1) is 17.9. The summed E-state index contributed by atoms with van der Waals surface area (Å²) in [7, 11) is 1.69. The van der Waals surface area contributed by atoms with Crippen LogP contribution in [0.2, 0.25) is 0 Å². The van der Waals surface area contributed by atoms with Gasteiger partial charge in [0.25, 0.3) is 5.91 Å². The molecule has 0 aliphatic carbocycles. The van der Waals surface area contributed by atoms with Crippen molar-refractivity contribution < 1.29 is 9.21 Å². The average Bonchev–Trinajstić information content (AvgIpc) is 3.42. The minimum absolute atomic E-state index is 0.108. The Hall–Kier alpha value is -3.16. The quantitative estimate of drug-likeness (QED) is 0.342. The molecule has 0 atom stereocenters. The maximum absolute atomic E-state index is 12.5. The molecule has 0 N–H and O–H groups in total. The fourth-order valence-electron chi connectivity index (χ4n) is 3.18. The Morgan fingerprint density at radius 1 is 1.10 bits per heavy atom. The van der Waals surface area contributed by atoms with Gasteiger partial charge in [0, 0.05) is 24.2 Å². The van der Waals surface area contributed by atoms with Crippen LogP contribution in [0.5, 0.6) is 0 Å². The third kappa shape index (κ3) is 3.18. The third-order valence-electron chi connectivity index (χ3n) is 4.70. The molecule has 3 heterocycles. The predicted molar refractivity (Wildman–Crippen MR) is 120 cm³/mol. The highest BCUT2D eigenvalue weighted by molar-refractivity contribution is 8.26. The van der Waals surface area contributed by atoms with Gasteiger partial charge in [-0.15, -0.1) is 0 Å². The lowest BCUT2D eigenvalue weighted by atomic mass is 10.1. The molecule has 5 rings (SSSR count). The van der Waals surface area contributed by atoms with Gasteiger partial charge in [-0.2, -0.15) is 5.10 Å². The molecule has 7 heteroatoms. The van der Waals surface area contributed by atoms with Crippen molar-refractivity contribution in [2.75, 3.05) is 7.05 Å². The smallest absolute Gasteiger partial charge is 0.265 e. The first-order chi connectivity index (χ1) is 14.1. The molecule has 142 valence electrons. The predicted octanol–water partition coefficient (Wildman–Crippen LogP) is 5.12. The first-order valence-corrected chi connectivity index (χ1v) is 10.2. The van der Waals surface area contributed by atoms with Crippen LogP contribution < -0.4 is 0 Å². The molecule has 4 aromatic rings. The zero-order chi connectivity index (χ0) is 20.0. The van der Waals surface area contributed by atoms with E-state index in [1.807, 2.05) is 72.9 Å². The third-order valence-corrected chi connectivity index (χ3v) is 6.18. The summed E-state index contributed by atoms with van der Waals surface area (Å²) in [5.41, 5.74) is 3.18. The maximum Gasteiger partial charge on any atom is 0.265 e. The summed E-state index contributed by atoms with van der Waals surface area (Å²) in [5.74, 6) is 0.544. The number of nitrogens with zero attached hydrogens (tertiary/aromatic N) is 3. The molecule has 29 heavy (non-hydrogen) atoms. The lowest BCUT2D eigenvalue weighted by Crippen LogP contribution is -2.22. The summed E-state index contributed by atoms with van der Waals surface area (Å²) < 4.78 is 8.38. The molecule has 0 saturated carbocycles. The van der Waals surface area contributed by atoms with Crippen LogP contribution in [0.4, 0.5) is 0 Å². The molecule has 0 unspecified atom stereocenters. The van der Waals surface area contributed by atoms with Crippen LogP contribution in [-0.2, 0) is 4.79 Å². The van der Waals surface area contributed by atoms with Gasteiger partial charge in [-0.3, -0.25) is 9.69 Å². The Morgan fingerprint density at radius 2 is 1.86 bits per heavy atom. The van der Waals surface area contributed by atoms with Gasteiger partial charge < -0.3 is 4.42 Å². The van der Waals surface area contributed by atoms with Gasteiger partial charge in [-0.1, -0.05) is 60.4 Å². The van der Waals surface area contributed by atoms with E-state index in [0.717, 1.165) is 22.2 Å². The van der Waals surface area contributed by atoms with Gasteiger partial charge in [0.2, 0.25) is 0 Å². The highest BCUT2D eigenvalue weighted by Gasteiger charge is 2.29. The van der Waals surface area contributed by atoms with Crippen molar-refractivity contribution in [2.45, 2.75) is 0 Å². The van der Waals surface area contributed by atoms with Gasteiger partial charge in [0.1, 0.15) is 15.6 Å². The number of likely N-dealkylation sites (N-methyl/N-ethyl adjacent to an activating group) is 1. The van der Waals surface area contributed by atoms with Crippen molar-refractivity contribution in [1.29, 1.82) is 0 Å². The Labute approximate surface area is 176 Å². The summed E-state index contributed by atoms with van der Waals surface area (Å²) in [6, 6.07) is 19.6. The van der Waals surface area contributed by atoms with Gasteiger partial charge in [0.15, 0.2) is 5.76 Å². The molecule has 0 spiro atoms. The van der Waals surface area contributed by atoms with E-state index in [2.05, 4.69) is 0 Å². The summed E-state index contributed by atoms with van der Waals surface area (Å²) in [6.07, 6.45) is 3.73. The zero-order valence-corrected chi connectivity index (χ0v) is 17.0. The number of aromatic nitrogens is 2. The van der Waals surface area contributed by atoms with Crippen molar-refractivity contribution in [3.63, 3.8) is 0 Å². The summed E-state index contributed by atoms with van der Waals surface area (Å²) in [4.78, 5) is 14.5. The number of carbonyl (C=O) groups excluding carboxylic acids is 1. The van der Waals surface area contributed by atoms with Gasteiger partial charge in [0.05, 0.1) is 10.6 Å². The Morgan fingerprint density at radius 3 is 2.59 bits per heavy atom. The molecule has 1 saturated heterocycles. The van der Waals surface area contributed by atoms with E-state index >= 15 is 0 Å². The highest BCUT2D eigenvalue weighted by Crippen LogP contribution is 2.35. The van der Waals surface area contributed by atoms with Gasteiger partial charge >= 0.3 is 0 Å². The van der Waals surface area contributed by atoms with Crippen LogP contribution in [-0.4, -0.2) is 32.0 Å². The number of thioether (sulfide) groups is 1. The highest BCUT2D eigenvalue weighted by atomic mass is 32.2. The number of amides is 1. The van der Waals surface area contributed by atoms with E-state index in [1.165, 1.54) is 16.7 Å². The fourth-order valence-corrected chi connectivity index (χ4v) is 4.35. The molecule has 0 radical (unpaired) electrons.